The van der Waals surface area contributed by atoms with Gasteiger partial charge in [-0.2, -0.15) is 5.10 Å². The molecule has 0 bridgehead atoms. The molecule has 1 aromatic rings. The van der Waals surface area contributed by atoms with Crippen LogP contribution in [0, 0.1) is 12.8 Å². The number of rotatable bonds is 2. The third kappa shape index (κ3) is 2.27. The monoisotopic (exact) mass is 250 g/mol. The second kappa shape index (κ2) is 5.10. The van der Waals surface area contributed by atoms with Gasteiger partial charge in [0.2, 0.25) is 0 Å². The predicted octanol–water partition coefficient (Wildman–Crippen LogP) is 0.928. The average molecular weight is 250 g/mol. The molecule has 0 spiro atoms. The molecule has 0 aromatic carbocycles. The van der Waals surface area contributed by atoms with Gasteiger partial charge < -0.3 is 10.6 Å². The van der Waals surface area contributed by atoms with Gasteiger partial charge in [0.05, 0.1) is 5.69 Å². The fraction of sp³-hybridized carbons (Fsp3) is 0.692. The average Bonchev–Trinajstić information content (AvgIpc) is 2.67. The summed E-state index contributed by atoms with van der Waals surface area (Å²) in [4.78, 5) is 14.5. The van der Waals surface area contributed by atoms with E-state index in [1.165, 1.54) is 0 Å². The summed E-state index contributed by atoms with van der Waals surface area (Å²) < 4.78 is 1.66. The van der Waals surface area contributed by atoms with Crippen molar-refractivity contribution < 1.29 is 4.79 Å². The van der Waals surface area contributed by atoms with Crippen molar-refractivity contribution in [1.82, 2.24) is 14.7 Å². The van der Waals surface area contributed by atoms with Gasteiger partial charge in [-0.05, 0) is 31.7 Å². The molecule has 1 aromatic heterocycles. The van der Waals surface area contributed by atoms with Gasteiger partial charge in [0.25, 0.3) is 5.91 Å². The zero-order valence-corrected chi connectivity index (χ0v) is 11.4. The highest BCUT2D eigenvalue weighted by molar-refractivity contribution is 5.93. The van der Waals surface area contributed by atoms with Crippen LogP contribution in [0.3, 0.4) is 0 Å². The van der Waals surface area contributed by atoms with Gasteiger partial charge in [-0.15, -0.1) is 0 Å². The van der Waals surface area contributed by atoms with Crippen LogP contribution in [0.1, 0.15) is 35.9 Å². The Morgan fingerprint density at radius 3 is 2.89 bits per heavy atom. The number of hydrogen-bond acceptors (Lipinski definition) is 3. The number of nitrogens with two attached hydrogens (primary N) is 1. The van der Waals surface area contributed by atoms with E-state index in [1.807, 2.05) is 24.9 Å². The lowest BCUT2D eigenvalue weighted by atomic mass is 9.90. The number of likely N-dealkylation sites (tertiary alicyclic amines) is 1. The van der Waals surface area contributed by atoms with Crippen molar-refractivity contribution in [3.8, 4) is 0 Å². The number of nitrogens with zero attached hydrogens (tertiary/aromatic N) is 3. The lowest BCUT2D eigenvalue weighted by molar-refractivity contribution is 0.0521. The van der Waals surface area contributed by atoms with Crippen molar-refractivity contribution >= 4 is 5.91 Å². The van der Waals surface area contributed by atoms with Crippen molar-refractivity contribution in [3.63, 3.8) is 0 Å². The third-order valence-corrected chi connectivity index (χ3v) is 3.84. The molecular weight excluding hydrogens is 228 g/mol. The second-order valence-corrected chi connectivity index (χ2v) is 5.22. The third-order valence-electron chi connectivity index (χ3n) is 3.84. The van der Waals surface area contributed by atoms with E-state index in [4.69, 9.17) is 5.73 Å². The van der Waals surface area contributed by atoms with Crippen LogP contribution in [0.4, 0.5) is 0 Å². The van der Waals surface area contributed by atoms with Crippen LogP contribution in [0.25, 0.3) is 0 Å². The lowest BCUT2D eigenvalue weighted by Gasteiger charge is -2.39. The van der Waals surface area contributed by atoms with Crippen molar-refractivity contribution in [2.24, 2.45) is 18.7 Å². The Morgan fingerprint density at radius 1 is 1.61 bits per heavy atom. The Kier molecular flexibility index (Phi) is 3.71. The number of aryl methyl sites for hydroxylation is 2. The van der Waals surface area contributed by atoms with Gasteiger partial charge in [0.15, 0.2) is 0 Å². The quantitative estimate of drug-likeness (QED) is 0.849. The van der Waals surface area contributed by atoms with Gasteiger partial charge >= 0.3 is 0 Å². The van der Waals surface area contributed by atoms with Crippen LogP contribution in [-0.2, 0) is 7.05 Å². The van der Waals surface area contributed by atoms with Crippen LogP contribution >= 0.6 is 0 Å². The zero-order valence-electron chi connectivity index (χ0n) is 11.4. The summed E-state index contributed by atoms with van der Waals surface area (Å²) in [7, 11) is 1.81. The fourth-order valence-corrected chi connectivity index (χ4v) is 2.82. The SMILES string of the molecule is Cc1cc(C(=O)N2CCCC(C)C2CN)n(C)n1. The predicted molar refractivity (Wildman–Crippen MR) is 70.2 cm³/mol. The summed E-state index contributed by atoms with van der Waals surface area (Å²) >= 11 is 0. The standard InChI is InChI=1S/C13H22N4O/c1-9-5-4-6-17(12(9)8-14)13(18)11-7-10(2)15-16(11)3/h7,9,12H,4-6,8,14H2,1-3H3. The Morgan fingerprint density at radius 2 is 2.33 bits per heavy atom. The van der Waals surface area contributed by atoms with Crippen molar-refractivity contribution in [3.05, 3.63) is 17.5 Å². The van der Waals surface area contributed by atoms with Crippen LogP contribution in [0.2, 0.25) is 0 Å². The first kappa shape index (κ1) is 13.1. The molecule has 1 aliphatic rings. The van der Waals surface area contributed by atoms with E-state index in [-0.39, 0.29) is 11.9 Å². The Bertz CT molecular complexity index is 440. The molecule has 5 heteroatoms. The maximum absolute atomic E-state index is 12.6. The smallest absolute Gasteiger partial charge is 0.272 e. The van der Waals surface area contributed by atoms with Crippen LogP contribution in [-0.4, -0.2) is 39.7 Å². The van der Waals surface area contributed by atoms with Crippen LogP contribution < -0.4 is 5.73 Å². The fourth-order valence-electron chi connectivity index (χ4n) is 2.82. The molecule has 18 heavy (non-hydrogen) atoms. The molecule has 2 unspecified atom stereocenters. The summed E-state index contributed by atoms with van der Waals surface area (Å²) in [6.07, 6.45) is 2.20. The Balaban J connectivity index is 2.24. The van der Waals surface area contributed by atoms with Crippen LogP contribution in [0.5, 0.6) is 0 Å². The van der Waals surface area contributed by atoms with Gasteiger partial charge in [-0.1, -0.05) is 6.92 Å². The highest BCUT2D eigenvalue weighted by Crippen LogP contribution is 2.24. The minimum atomic E-state index is 0.0556. The van der Waals surface area contributed by atoms with Crippen molar-refractivity contribution in [2.75, 3.05) is 13.1 Å². The number of piperidine rings is 1. The topological polar surface area (TPSA) is 64.2 Å². The highest BCUT2D eigenvalue weighted by Gasteiger charge is 2.32. The summed E-state index contributed by atoms with van der Waals surface area (Å²) in [5, 5.41) is 4.23. The summed E-state index contributed by atoms with van der Waals surface area (Å²) in [6.45, 7) is 5.40. The number of amides is 1. The van der Waals surface area contributed by atoms with Gasteiger partial charge in [0, 0.05) is 26.2 Å². The molecule has 2 N–H and O–H groups in total. The normalized spacial score (nSPS) is 24.3. The van der Waals surface area contributed by atoms with Gasteiger partial charge in [-0.25, -0.2) is 0 Å². The molecular formula is C13H22N4O. The summed E-state index contributed by atoms with van der Waals surface area (Å²) in [5.74, 6) is 0.530. The maximum Gasteiger partial charge on any atom is 0.272 e. The molecule has 0 saturated carbocycles. The van der Waals surface area contributed by atoms with E-state index in [0.29, 0.717) is 18.2 Å². The molecule has 5 nitrogen and oxygen atoms in total. The van der Waals surface area contributed by atoms with E-state index in [2.05, 4.69) is 12.0 Å². The number of hydrogen-bond donors (Lipinski definition) is 1. The summed E-state index contributed by atoms with van der Waals surface area (Å²) in [5.41, 5.74) is 7.35. The number of aromatic nitrogens is 2. The molecule has 100 valence electrons. The molecule has 2 heterocycles. The molecule has 1 fully saturated rings. The Labute approximate surface area is 108 Å². The lowest BCUT2D eigenvalue weighted by Crippen LogP contribution is -2.51. The van der Waals surface area contributed by atoms with E-state index in [9.17, 15) is 4.79 Å². The maximum atomic E-state index is 12.6. The number of carbonyl (C=O) groups excluding carboxylic acids is 1. The van der Waals surface area contributed by atoms with Gasteiger partial charge in [0.1, 0.15) is 5.69 Å². The first-order chi connectivity index (χ1) is 8.54. The van der Waals surface area contributed by atoms with Gasteiger partial charge in [-0.3, -0.25) is 9.48 Å². The number of carbonyl (C=O) groups is 1. The highest BCUT2D eigenvalue weighted by atomic mass is 16.2. The van der Waals surface area contributed by atoms with Crippen molar-refractivity contribution in [1.29, 1.82) is 0 Å². The molecule has 1 aliphatic heterocycles. The molecule has 1 saturated heterocycles. The molecule has 0 aliphatic carbocycles. The second-order valence-electron chi connectivity index (χ2n) is 5.22. The van der Waals surface area contributed by atoms with E-state index in [1.54, 1.807) is 4.68 Å². The molecule has 2 rings (SSSR count). The van der Waals surface area contributed by atoms with E-state index < -0.39 is 0 Å². The molecule has 2 atom stereocenters. The van der Waals surface area contributed by atoms with Crippen molar-refractivity contribution in [2.45, 2.75) is 32.7 Å². The largest absolute Gasteiger partial charge is 0.333 e. The first-order valence-corrected chi connectivity index (χ1v) is 6.56. The Hall–Kier alpha value is -1.36. The molecule has 1 amide bonds. The minimum absolute atomic E-state index is 0.0556. The first-order valence-electron chi connectivity index (χ1n) is 6.56. The zero-order chi connectivity index (χ0) is 13.3. The minimum Gasteiger partial charge on any atom is -0.333 e. The summed E-state index contributed by atoms with van der Waals surface area (Å²) in [6, 6.07) is 2.00. The molecule has 0 radical (unpaired) electrons. The van der Waals surface area contributed by atoms with E-state index >= 15 is 0 Å². The van der Waals surface area contributed by atoms with E-state index in [0.717, 1.165) is 25.1 Å². The van der Waals surface area contributed by atoms with Crippen LogP contribution in [0.15, 0.2) is 6.07 Å².